The van der Waals surface area contributed by atoms with Gasteiger partial charge in [-0.2, -0.15) is 0 Å². The molecule has 9 aromatic rings. The molecule has 0 heteroatoms. The molecule has 0 spiro atoms. The van der Waals surface area contributed by atoms with Gasteiger partial charge in [0, 0.05) is 0 Å². The normalized spacial score (nSPS) is 12.6. The molecule has 11 rings (SSSR count). The van der Waals surface area contributed by atoms with Crippen molar-refractivity contribution in [2.75, 3.05) is 0 Å². The lowest BCUT2D eigenvalue weighted by molar-refractivity contribution is 1.04. The molecule has 2 aliphatic carbocycles. The molecule has 0 fully saturated rings. The Bertz CT molecular complexity index is 3050. The Morgan fingerprint density at radius 1 is 0.367 bits per heavy atom. The Balaban J connectivity index is 0.00000140. The highest BCUT2D eigenvalue weighted by molar-refractivity contribution is 6.28. The molecule has 0 amide bonds. The molecule has 2 aliphatic rings. The summed E-state index contributed by atoms with van der Waals surface area (Å²) in [6.07, 6.45) is 10.4. The number of benzene rings is 9. The average molecular weight is 769 g/mol. The maximum absolute atomic E-state index is 2.45. The lowest BCUT2D eigenvalue weighted by atomic mass is 9.80. The van der Waals surface area contributed by atoms with Crippen molar-refractivity contribution in [1.29, 1.82) is 0 Å². The van der Waals surface area contributed by atoms with Gasteiger partial charge in [0.25, 0.3) is 0 Å². The molecule has 288 valence electrons. The minimum atomic E-state index is 1.06. The van der Waals surface area contributed by atoms with Crippen LogP contribution in [0.25, 0.3) is 105 Å². The second-order valence-electron chi connectivity index (χ2n) is 16.2. The Labute approximate surface area is 354 Å². The van der Waals surface area contributed by atoms with Crippen molar-refractivity contribution in [2.45, 2.75) is 40.0 Å². The zero-order valence-corrected chi connectivity index (χ0v) is 34.7. The number of hydrogen-bond acceptors (Lipinski definition) is 0. The molecule has 0 saturated heterocycles. The Morgan fingerprint density at radius 3 is 1.30 bits per heavy atom. The van der Waals surface area contributed by atoms with Gasteiger partial charge in [-0.05, 0) is 172 Å². The number of fused-ring (bicyclic) bond motifs is 4. The Morgan fingerprint density at radius 2 is 0.800 bits per heavy atom. The Kier molecular flexibility index (Phi) is 9.92. The first kappa shape index (κ1) is 37.3. The third-order valence-corrected chi connectivity index (χ3v) is 12.1. The predicted molar refractivity (Wildman–Crippen MR) is 260 cm³/mol. The molecule has 0 atom stereocenters. The van der Waals surface area contributed by atoms with E-state index in [9.17, 15) is 0 Å². The summed E-state index contributed by atoms with van der Waals surface area (Å²) < 4.78 is 0. The van der Waals surface area contributed by atoms with E-state index in [1.54, 1.807) is 0 Å². The van der Waals surface area contributed by atoms with Crippen molar-refractivity contribution in [1.82, 2.24) is 0 Å². The molecule has 0 aliphatic heterocycles. The molecule has 60 heavy (non-hydrogen) atoms. The summed E-state index contributed by atoms with van der Waals surface area (Å²) in [6, 6.07) is 67.8. The van der Waals surface area contributed by atoms with Crippen molar-refractivity contribution in [3.05, 3.63) is 211 Å². The minimum Gasteiger partial charge on any atom is -0.0836 e. The van der Waals surface area contributed by atoms with Gasteiger partial charge < -0.3 is 0 Å². The number of allylic oxidation sites excluding steroid dienone is 4. The monoisotopic (exact) mass is 768 g/mol. The third kappa shape index (κ3) is 6.59. The maximum atomic E-state index is 2.45. The Hall–Kier alpha value is -7.02. The van der Waals surface area contributed by atoms with Gasteiger partial charge in [0.15, 0.2) is 0 Å². The van der Waals surface area contributed by atoms with Gasteiger partial charge in [0.05, 0.1) is 0 Å². The number of hydrogen-bond donors (Lipinski definition) is 0. The fourth-order valence-corrected chi connectivity index (χ4v) is 9.48. The van der Waals surface area contributed by atoms with Crippen LogP contribution in [0.2, 0.25) is 0 Å². The molecule has 9 aromatic carbocycles. The topological polar surface area (TPSA) is 0 Å². The quantitative estimate of drug-likeness (QED) is 0.158. The van der Waals surface area contributed by atoms with Crippen molar-refractivity contribution < 1.29 is 0 Å². The molecule has 0 nitrogen and oxygen atoms in total. The molecule has 0 bridgehead atoms. The van der Waals surface area contributed by atoms with Gasteiger partial charge >= 0.3 is 0 Å². The summed E-state index contributed by atoms with van der Waals surface area (Å²) in [4.78, 5) is 0. The van der Waals surface area contributed by atoms with Crippen LogP contribution in [0.5, 0.6) is 0 Å². The van der Waals surface area contributed by atoms with Crippen molar-refractivity contribution in [3.63, 3.8) is 0 Å². The highest BCUT2D eigenvalue weighted by Gasteiger charge is 2.31. The van der Waals surface area contributed by atoms with Crippen LogP contribution in [0.3, 0.4) is 0 Å². The maximum Gasteiger partial charge on any atom is -0.000741 e. The minimum absolute atomic E-state index is 1.06. The first-order chi connectivity index (χ1) is 29.6. The van der Waals surface area contributed by atoms with E-state index in [-0.39, 0.29) is 0 Å². The summed E-state index contributed by atoms with van der Waals surface area (Å²) in [5.41, 5.74) is 21.5. The smallest absolute Gasteiger partial charge is 0.000741 e. The fourth-order valence-electron chi connectivity index (χ4n) is 9.48. The molecule has 0 aromatic heterocycles. The van der Waals surface area contributed by atoms with E-state index in [0.29, 0.717) is 0 Å². The van der Waals surface area contributed by atoms with Gasteiger partial charge in [-0.1, -0.05) is 184 Å². The molecule has 0 N–H and O–H groups in total. The average Bonchev–Trinajstić information content (AvgIpc) is 3.64. The second-order valence-corrected chi connectivity index (χ2v) is 16.2. The van der Waals surface area contributed by atoms with Gasteiger partial charge in [-0.25, -0.2) is 0 Å². The predicted octanol–water partition coefficient (Wildman–Crippen LogP) is 17.4. The van der Waals surface area contributed by atoms with E-state index < -0.39 is 0 Å². The lowest BCUT2D eigenvalue weighted by Gasteiger charge is -2.22. The van der Waals surface area contributed by atoms with E-state index in [4.69, 9.17) is 0 Å². The van der Waals surface area contributed by atoms with E-state index in [1.165, 1.54) is 123 Å². The van der Waals surface area contributed by atoms with Crippen LogP contribution in [0.1, 0.15) is 44.2 Å². The highest BCUT2D eigenvalue weighted by atomic mass is 14.3. The van der Waals surface area contributed by atoms with Crippen LogP contribution in [0.15, 0.2) is 200 Å². The van der Waals surface area contributed by atoms with Gasteiger partial charge in [-0.3, -0.25) is 0 Å². The lowest BCUT2D eigenvalue weighted by Crippen LogP contribution is -1.96. The van der Waals surface area contributed by atoms with Crippen LogP contribution in [-0.2, 0) is 0 Å². The van der Waals surface area contributed by atoms with E-state index in [1.807, 2.05) is 0 Å². The molecule has 0 unspecified atom stereocenters. The summed E-state index contributed by atoms with van der Waals surface area (Å²) >= 11 is 0. The zero-order valence-electron chi connectivity index (χ0n) is 34.7. The van der Waals surface area contributed by atoms with Crippen LogP contribution < -0.4 is 0 Å². The molecular formula is C60H48. The van der Waals surface area contributed by atoms with Gasteiger partial charge in [0.1, 0.15) is 0 Å². The molecular weight excluding hydrogens is 721 g/mol. The molecule has 0 radical (unpaired) electrons. The first-order valence-corrected chi connectivity index (χ1v) is 21.6. The van der Waals surface area contributed by atoms with Gasteiger partial charge in [-0.15, -0.1) is 0 Å². The van der Waals surface area contributed by atoms with Crippen LogP contribution in [0.4, 0.5) is 0 Å². The van der Waals surface area contributed by atoms with Crippen LogP contribution in [0, 0.1) is 6.92 Å². The van der Waals surface area contributed by atoms with E-state index in [0.717, 1.165) is 12.8 Å². The van der Waals surface area contributed by atoms with Crippen molar-refractivity contribution in [2.24, 2.45) is 0 Å². The van der Waals surface area contributed by atoms with Crippen LogP contribution in [-0.4, -0.2) is 0 Å². The summed E-state index contributed by atoms with van der Waals surface area (Å²) in [5.74, 6) is 0. The van der Waals surface area contributed by atoms with Crippen molar-refractivity contribution >= 4 is 27.1 Å². The van der Waals surface area contributed by atoms with Gasteiger partial charge in [0.2, 0.25) is 0 Å². The summed E-state index contributed by atoms with van der Waals surface area (Å²) in [5, 5.41) is 5.20. The highest BCUT2D eigenvalue weighted by Crippen LogP contribution is 2.58. The second kappa shape index (κ2) is 16.0. The van der Waals surface area contributed by atoms with Crippen LogP contribution >= 0.6 is 0 Å². The molecule has 0 heterocycles. The first-order valence-electron chi connectivity index (χ1n) is 21.6. The van der Waals surface area contributed by atoms with Crippen molar-refractivity contribution in [3.8, 4) is 77.9 Å². The largest absolute Gasteiger partial charge is 0.0836 e. The van der Waals surface area contributed by atoms with E-state index >= 15 is 0 Å². The fraction of sp³-hybridized carbons (Fsp3) is 0.100. The standard InChI is InChI=1S/C57H40.C3H8/c1-37-29-30-52-55-48(37)27-16-28-51(55)56-53(46-33-42(38-17-6-2-7-18-38)31-43(34-46)39-19-8-3-9-20-39)49-25-14-15-26-50(49)54(57(52)56)47-35-44(40-21-10-4-11-22-40)32-45(36-47)41-23-12-5-13-24-41;1-3-2/h2,4-8,10-36H,3,9H2,1H3;3H2,1-2H3. The number of rotatable bonds is 6. The zero-order chi connectivity index (χ0) is 40.6. The van der Waals surface area contributed by atoms with E-state index in [2.05, 4.69) is 221 Å². The summed E-state index contributed by atoms with van der Waals surface area (Å²) in [6.45, 7) is 6.50. The third-order valence-electron chi connectivity index (χ3n) is 12.1. The summed E-state index contributed by atoms with van der Waals surface area (Å²) in [7, 11) is 0. The molecule has 0 saturated carbocycles. The number of aryl methyl sites for hydroxylation is 1. The SMILES string of the molecule is CCC.Cc1ccc2c3c(cccc13)-c1c-2c(-c2cc(-c3ccccc3)cc(-c3ccccc3)c2)c2ccccc2c1-c1cc(C2=CCCC=C2)cc(-c2ccccc2)c1.